The van der Waals surface area contributed by atoms with Crippen LogP contribution in [-0.4, -0.2) is 21.2 Å². The summed E-state index contributed by atoms with van der Waals surface area (Å²) in [5.41, 5.74) is 7.04. The van der Waals surface area contributed by atoms with Gasteiger partial charge in [0.2, 0.25) is 0 Å². The lowest BCUT2D eigenvalue weighted by molar-refractivity contribution is 0.0697. The fourth-order valence-electron chi connectivity index (χ4n) is 1.54. The number of rotatable bonds is 1. The number of aryl methyl sites for hydroxylation is 2. The van der Waals surface area contributed by atoms with Crippen LogP contribution in [0, 0.1) is 13.8 Å². The number of carboxylic acids is 1. The highest BCUT2D eigenvalue weighted by atomic mass is 16.5. The van der Waals surface area contributed by atoms with Gasteiger partial charge in [-0.1, -0.05) is 5.16 Å². The van der Waals surface area contributed by atoms with Crippen LogP contribution >= 0.6 is 0 Å². The van der Waals surface area contributed by atoms with Crippen molar-refractivity contribution in [1.82, 2.24) is 10.1 Å². The van der Waals surface area contributed by atoms with Crippen LogP contribution in [0.2, 0.25) is 0 Å². The number of pyridine rings is 1. The second-order valence-electron chi connectivity index (χ2n) is 3.24. The number of nitrogens with zero attached hydrogens (tertiary/aromatic N) is 2. The molecule has 3 N–H and O–H groups in total. The third kappa shape index (κ3) is 1.22. The Morgan fingerprint density at radius 2 is 2.07 bits per heavy atom. The molecule has 0 fully saturated rings. The molecule has 2 aromatic heterocycles. The summed E-state index contributed by atoms with van der Waals surface area (Å²) in [7, 11) is 0. The van der Waals surface area contributed by atoms with E-state index in [4.69, 9.17) is 15.4 Å². The first-order valence-electron chi connectivity index (χ1n) is 4.27. The Hall–Kier alpha value is -2.11. The SMILES string of the molecule is Cc1nc2onc(C)c2c(N)c1C(=O)O. The molecule has 0 spiro atoms. The van der Waals surface area contributed by atoms with Crippen molar-refractivity contribution in [3.8, 4) is 0 Å². The molecule has 0 amide bonds. The largest absolute Gasteiger partial charge is 0.478 e. The van der Waals surface area contributed by atoms with Crippen LogP contribution in [0.3, 0.4) is 0 Å². The number of hydrogen-bond acceptors (Lipinski definition) is 5. The van der Waals surface area contributed by atoms with Crippen LogP contribution in [0.15, 0.2) is 4.52 Å². The van der Waals surface area contributed by atoms with Gasteiger partial charge in [0, 0.05) is 0 Å². The van der Waals surface area contributed by atoms with E-state index in [1.54, 1.807) is 13.8 Å². The molecule has 78 valence electrons. The molecule has 0 aromatic carbocycles. The molecule has 2 aromatic rings. The van der Waals surface area contributed by atoms with Gasteiger partial charge in [-0.2, -0.15) is 0 Å². The maximum absolute atomic E-state index is 10.9. The number of aromatic carboxylic acids is 1. The van der Waals surface area contributed by atoms with Crippen LogP contribution in [-0.2, 0) is 0 Å². The molecule has 0 aliphatic rings. The number of hydrogen-bond donors (Lipinski definition) is 2. The average molecular weight is 207 g/mol. The number of fused-ring (bicyclic) bond motifs is 1. The molecule has 2 rings (SSSR count). The van der Waals surface area contributed by atoms with E-state index in [1.807, 2.05) is 0 Å². The van der Waals surface area contributed by atoms with E-state index in [0.717, 1.165) is 0 Å². The molecule has 0 radical (unpaired) electrons. The van der Waals surface area contributed by atoms with Gasteiger partial charge < -0.3 is 15.4 Å². The summed E-state index contributed by atoms with van der Waals surface area (Å²) in [4.78, 5) is 14.9. The van der Waals surface area contributed by atoms with Crippen LogP contribution < -0.4 is 5.73 Å². The van der Waals surface area contributed by atoms with Crippen molar-refractivity contribution in [1.29, 1.82) is 0 Å². The minimum absolute atomic E-state index is 0.00815. The van der Waals surface area contributed by atoms with Gasteiger partial charge in [0.25, 0.3) is 5.71 Å². The first-order valence-corrected chi connectivity index (χ1v) is 4.27. The Kier molecular flexibility index (Phi) is 1.85. The van der Waals surface area contributed by atoms with Crippen LogP contribution in [0.4, 0.5) is 5.69 Å². The summed E-state index contributed by atoms with van der Waals surface area (Å²) in [6, 6.07) is 0. The van der Waals surface area contributed by atoms with E-state index < -0.39 is 5.97 Å². The molecule has 0 aliphatic heterocycles. The Labute approximate surface area is 84.7 Å². The molecule has 0 unspecified atom stereocenters. The lowest BCUT2D eigenvalue weighted by Gasteiger charge is -2.04. The highest BCUT2D eigenvalue weighted by Crippen LogP contribution is 2.27. The first kappa shape index (κ1) is 9.45. The van der Waals surface area contributed by atoms with Crippen LogP contribution in [0.1, 0.15) is 21.7 Å². The molecule has 6 nitrogen and oxygen atoms in total. The van der Waals surface area contributed by atoms with Crippen LogP contribution in [0.25, 0.3) is 11.1 Å². The summed E-state index contributed by atoms with van der Waals surface area (Å²) < 4.78 is 4.91. The van der Waals surface area contributed by atoms with Crippen molar-refractivity contribution in [2.45, 2.75) is 13.8 Å². The monoisotopic (exact) mass is 207 g/mol. The highest BCUT2D eigenvalue weighted by Gasteiger charge is 2.20. The lowest BCUT2D eigenvalue weighted by atomic mass is 10.1. The van der Waals surface area contributed by atoms with Gasteiger partial charge in [0.15, 0.2) is 0 Å². The van der Waals surface area contributed by atoms with Gasteiger partial charge in [-0.05, 0) is 13.8 Å². The van der Waals surface area contributed by atoms with Crippen molar-refractivity contribution in [3.63, 3.8) is 0 Å². The quantitative estimate of drug-likeness (QED) is 0.726. The van der Waals surface area contributed by atoms with Crippen LogP contribution in [0.5, 0.6) is 0 Å². The summed E-state index contributed by atoms with van der Waals surface area (Å²) in [5, 5.41) is 13.1. The van der Waals surface area contributed by atoms with E-state index in [0.29, 0.717) is 16.8 Å². The smallest absolute Gasteiger partial charge is 0.339 e. The predicted octanol–water partition coefficient (Wildman–Crippen LogP) is 1.12. The van der Waals surface area contributed by atoms with E-state index >= 15 is 0 Å². The number of carboxylic acid groups (broad SMARTS) is 1. The highest BCUT2D eigenvalue weighted by molar-refractivity contribution is 6.03. The molecular weight excluding hydrogens is 198 g/mol. The molecule has 0 saturated heterocycles. The van der Waals surface area contributed by atoms with Gasteiger partial charge >= 0.3 is 5.97 Å². The zero-order valence-corrected chi connectivity index (χ0v) is 8.24. The van der Waals surface area contributed by atoms with Gasteiger partial charge in [-0.15, -0.1) is 0 Å². The lowest BCUT2D eigenvalue weighted by Crippen LogP contribution is -2.07. The Morgan fingerprint density at radius 3 is 2.67 bits per heavy atom. The molecular formula is C9H9N3O3. The molecule has 0 aliphatic carbocycles. The number of anilines is 1. The van der Waals surface area contributed by atoms with Gasteiger partial charge in [-0.25, -0.2) is 9.78 Å². The zero-order valence-electron chi connectivity index (χ0n) is 8.24. The van der Waals surface area contributed by atoms with Gasteiger partial charge in [-0.3, -0.25) is 0 Å². The zero-order chi connectivity index (χ0) is 11.2. The van der Waals surface area contributed by atoms with E-state index in [1.165, 1.54) is 0 Å². The fourth-order valence-corrected chi connectivity index (χ4v) is 1.54. The predicted molar refractivity (Wildman–Crippen MR) is 52.6 cm³/mol. The third-order valence-electron chi connectivity index (χ3n) is 2.23. The minimum Gasteiger partial charge on any atom is -0.478 e. The Morgan fingerprint density at radius 1 is 1.40 bits per heavy atom. The Bertz CT molecular complexity index is 559. The van der Waals surface area contributed by atoms with Gasteiger partial charge in [0.1, 0.15) is 5.56 Å². The summed E-state index contributed by atoms with van der Waals surface area (Å²) in [6.07, 6.45) is 0. The van der Waals surface area contributed by atoms with E-state index in [9.17, 15) is 4.79 Å². The van der Waals surface area contributed by atoms with E-state index in [-0.39, 0.29) is 17.0 Å². The molecule has 0 bridgehead atoms. The summed E-state index contributed by atoms with van der Waals surface area (Å²) >= 11 is 0. The Balaban J connectivity index is 2.93. The van der Waals surface area contributed by atoms with Gasteiger partial charge in [0.05, 0.1) is 22.5 Å². The molecule has 0 atom stereocenters. The number of nitrogen functional groups attached to an aromatic ring is 1. The number of carbonyl (C=O) groups is 1. The van der Waals surface area contributed by atoms with Crippen molar-refractivity contribution >= 4 is 22.8 Å². The normalized spacial score (nSPS) is 10.8. The topological polar surface area (TPSA) is 102 Å². The number of nitrogens with two attached hydrogens (primary N) is 1. The fraction of sp³-hybridized carbons (Fsp3) is 0.222. The summed E-state index contributed by atoms with van der Waals surface area (Å²) in [5.74, 6) is -1.10. The van der Waals surface area contributed by atoms with Crippen molar-refractivity contribution < 1.29 is 14.4 Å². The molecule has 15 heavy (non-hydrogen) atoms. The maximum atomic E-state index is 10.9. The minimum atomic E-state index is -1.10. The molecule has 6 heteroatoms. The second-order valence-corrected chi connectivity index (χ2v) is 3.24. The number of aromatic nitrogens is 2. The van der Waals surface area contributed by atoms with Crippen molar-refractivity contribution in [2.24, 2.45) is 0 Å². The first-order chi connectivity index (χ1) is 7.02. The maximum Gasteiger partial charge on any atom is 0.339 e. The second kappa shape index (κ2) is 2.94. The van der Waals surface area contributed by atoms with Crippen molar-refractivity contribution in [2.75, 3.05) is 5.73 Å². The standard InChI is InChI=1S/C9H9N3O3/c1-3-6(9(13)14)7(10)5-4(2)12-15-8(5)11-3/h1-2H3,(H2,10,11)(H,13,14). The third-order valence-corrected chi connectivity index (χ3v) is 2.23. The molecule has 2 heterocycles. The molecule has 0 saturated carbocycles. The van der Waals surface area contributed by atoms with E-state index in [2.05, 4.69) is 10.1 Å². The average Bonchev–Trinajstić information content (AvgIpc) is 2.46. The van der Waals surface area contributed by atoms with Crippen molar-refractivity contribution in [3.05, 3.63) is 17.0 Å². The summed E-state index contributed by atoms with van der Waals surface area (Å²) in [6.45, 7) is 3.25.